The van der Waals surface area contributed by atoms with Gasteiger partial charge in [-0.25, -0.2) is 0 Å². The molecule has 5 nitrogen and oxygen atoms in total. The third kappa shape index (κ3) is 3.48. The highest BCUT2D eigenvalue weighted by Crippen LogP contribution is 2.27. The lowest BCUT2D eigenvalue weighted by molar-refractivity contribution is 0.229. The van der Waals surface area contributed by atoms with E-state index in [0.29, 0.717) is 5.92 Å². The molecule has 1 fully saturated rings. The minimum absolute atomic E-state index is 0.488. The van der Waals surface area contributed by atoms with Crippen LogP contribution >= 0.6 is 0 Å². The van der Waals surface area contributed by atoms with Gasteiger partial charge in [-0.15, -0.1) is 10.2 Å². The van der Waals surface area contributed by atoms with Gasteiger partial charge in [0, 0.05) is 24.2 Å². The fourth-order valence-corrected chi connectivity index (χ4v) is 3.64. The first kappa shape index (κ1) is 16.8. The van der Waals surface area contributed by atoms with E-state index in [-0.39, 0.29) is 0 Å². The highest BCUT2D eigenvalue weighted by atomic mass is 16.5. The van der Waals surface area contributed by atoms with E-state index in [1.807, 2.05) is 36.4 Å². The number of piperidine rings is 1. The lowest BCUT2D eigenvalue weighted by Crippen LogP contribution is -2.33. The summed E-state index contributed by atoms with van der Waals surface area (Å²) >= 11 is 0. The number of hydrogen-bond donors (Lipinski definition) is 0. The van der Waals surface area contributed by atoms with Crippen LogP contribution in [0.4, 0.5) is 0 Å². The van der Waals surface area contributed by atoms with Crippen molar-refractivity contribution in [3.63, 3.8) is 0 Å². The number of likely N-dealkylation sites (tertiary alicyclic amines) is 1. The van der Waals surface area contributed by atoms with Crippen LogP contribution in [0.1, 0.15) is 30.1 Å². The molecule has 0 radical (unpaired) electrons. The molecule has 1 aromatic carbocycles. The Morgan fingerprint density at radius 2 is 1.88 bits per heavy atom. The molecule has 0 unspecified atom stereocenters. The van der Waals surface area contributed by atoms with Crippen LogP contribution in [-0.2, 0) is 0 Å². The monoisotopic (exact) mass is 348 g/mol. The molecule has 0 aliphatic carbocycles. The van der Waals surface area contributed by atoms with Gasteiger partial charge in [0.1, 0.15) is 11.6 Å². The van der Waals surface area contributed by atoms with Gasteiger partial charge < -0.3 is 4.74 Å². The van der Waals surface area contributed by atoms with Crippen LogP contribution < -0.4 is 4.74 Å². The summed E-state index contributed by atoms with van der Waals surface area (Å²) in [4.78, 5) is 2.49. The third-order valence-corrected chi connectivity index (χ3v) is 5.09. The van der Waals surface area contributed by atoms with Crippen LogP contribution in [0.25, 0.3) is 11.7 Å². The first-order valence-corrected chi connectivity index (χ1v) is 9.17. The number of nitrogens with zero attached hydrogens (tertiary/aromatic N) is 4. The van der Waals surface area contributed by atoms with Gasteiger partial charge in [0.2, 0.25) is 0 Å². The highest BCUT2D eigenvalue weighted by Gasteiger charge is 2.23. The maximum atomic E-state index is 5.40. The van der Waals surface area contributed by atoms with E-state index in [9.17, 15) is 0 Å². The van der Waals surface area contributed by atoms with Gasteiger partial charge in [-0.2, -0.15) is 0 Å². The van der Waals surface area contributed by atoms with Crippen molar-refractivity contribution < 1.29 is 4.74 Å². The van der Waals surface area contributed by atoms with Gasteiger partial charge in [0.05, 0.1) is 7.11 Å². The Morgan fingerprint density at radius 3 is 2.73 bits per heavy atom. The normalized spacial score (nSPS) is 16.5. The van der Waals surface area contributed by atoms with Crippen LogP contribution in [0.15, 0.2) is 54.7 Å². The number of benzene rings is 1. The van der Waals surface area contributed by atoms with Crippen molar-refractivity contribution in [3.8, 4) is 5.75 Å². The summed E-state index contributed by atoms with van der Waals surface area (Å²) in [6, 6.07) is 14.2. The maximum absolute atomic E-state index is 5.40. The molecule has 0 N–H and O–H groups in total. The topological polar surface area (TPSA) is 42.7 Å². The van der Waals surface area contributed by atoms with Gasteiger partial charge in [0.25, 0.3) is 0 Å². The summed E-state index contributed by atoms with van der Waals surface area (Å²) in [5, 5.41) is 8.72. The van der Waals surface area contributed by atoms with E-state index in [0.717, 1.165) is 55.3 Å². The zero-order chi connectivity index (χ0) is 17.8. The van der Waals surface area contributed by atoms with Gasteiger partial charge in [-0.3, -0.25) is 9.30 Å². The van der Waals surface area contributed by atoms with Crippen LogP contribution in [0.2, 0.25) is 0 Å². The standard InChI is InChI=1S/C21H24N4O/c1-26-19-9-3-2-7-17(19)8-6-13-24-15-11-18(12-16-24)21-23-22-20-10-4-5-14-25(20)21/h2-10,14,18H,11-13,15-16H2,1H3/b8-6+. The average Bonchev–Trinajstić information content (AvgIpc) is 3.13. The second-order valence-corrected chi connectivity index (χ2v) is 6.71. The van der Waals surface area contributed by atoms with Crippen LogP contribution in [-0.4, -0.2) is 46.2 Å². The molecule has 5 heteroatoms. The number of fused-ring (bicyclic) bond motifs is 1. The van der Waals surface area contributed by atoms with Gasteiger partial charge in [0.15, 0.2) is 5.65 Å². The molecule has 0 atom stereocenters. The van der Waals surface area contributed by atoms with E-state index >= 15 is 0 Å². The fourth-order valence-electron chi connectivity index (χ4n) is 3.64. The molecule has 0 bridgehead atoms. The summed E-state index contributed by atoms with van der Waals surface area (Å²) in [6.45, 7) is 3.14. The molecule has 1 aliphatic rings. The van der Waals surface area contributed by atoms with Crippen molar-refractivity contribution in [2.45, 2.75) is 18.8 Å². The molecule has 0 spiro atoms. The molecule has 2 aromatic heterocycles. The quantitative estimate of drug-likeness (QED) is 0.706. The highest BCUT2D eigenvalue weighted by molar-refractivity contribution is 5.57. The van der Waals surface area contributed by atoms with Crippen molar-refractivity contribution in [1.82, 2.24) is 19.5 Å². The van der Waals surface area contributed by atoms with E-state index in [1.54, 1.807) is 7.11 Å². The van der Waals surface area contributed by atoms with Crippen molar-refractivity contribution in [2.75, 3.05) is 26.7 Å². The minimum Gasteiger partial charge on any atom is -0.496 e. The Labute approximate surface area is 153 Å². The largest absolute Gasteiger partial charge is 0.496 e. The molecule has 0 saturated carbocycles. The summed E-state index contributed by atoms with van der Waals surface area (Å²) in [7, 11) is 1.71. The van der Waals surface area contributed by atoms with Crippen molar-refractivity contribution in [3.05, 3.63) is 66.1 Å². The maximum Gasteiger partial charge on any atom is 0.160 e. The molecular formula is C21H24N4O. The van der Waals surface area contributed by atoms with E-state index in [1.165, 1.54) is 0 Å². The Kier molecular flexibility index (Phi) is 4.97. The SMILES string of the molecule is COc1ccccc1/C=C/CN1CCC(c2nnc3ccccn23)CC1. The van der Waals surface area contributed by atoms with Crippen molar-refractivity contribution in [1.29, 1.82) is 0 Å². The Bertz CT molecular complexity index is 894. The van der Waals surface area contributed by atoms with Crippen molar-refractivity contribution >= 4 is 11.7 Å². The number of para-hydroxylation sites is 1. The first-order chi connectivity index (χ1) is 12.8. The number of pyridine rings is 1. The van der Waals surface area contributed by atoms with Gasteiger partial charge in [-0.1, -0.05) is 36.4 Å². The fraction of sp³-hybridized carbons (Fsp3) is 0.333. The van der Waals surface area contributed by atoms with E-state index in [2.05, 4.69) is 43.9 Å². The number of hydrogen-bond acceptors (Lipinski definition) is 4. The van der Waals surface area contributed by atoms with Crippen LogP contribution in [0.3, 0.4) is 0 Å². The molecule has 3 heterocycles. The van der Waals surface area contributed by atoms with Crippen LogP contribution in [0, 0.1) is 0 Å². The molecule has 134 valence electrons. The van der Waals surface area contributed by atoms with E-state index < -0.39 is 0 Å². The Morgan fingerprint density at radius 1 is 1.08 bits per heavy atom. The lowest BCUT2D eigenvalue weighted by Gasteiger charge is -2.30. The van der Waals surface area contributed by atoms with E-state index in [4.69, 9.17) is 4.74 Å². The molecular weight excluding hydrogens is 324 g/mol. The second-order valence-electron chi connectivity index (χ2n) is 6.71. The molecule has 3 aromatic rings. The predicted molar refractivity (Wildman–Crippen MR) is 103 cm³/mol. The number of ether oxygens (including phenoxy) is 1. The van der Waals surface area contributed by atoms with Gasteiger partial charge >= 0.3 is 0 Å². The average molecular weight is 348 g/mol. The summed E-state index contributed by atoms with van der Waals surface area (Å²) in [5.74, 6) is 2.51. The second kappa shape index (κ2) is 7.70. The molecule has 1 saturated heterocycles. The number of methoxy groups -OCH3 is 1. The smallest absolute Gasteiger partial charge is 0.160 e. The number of rotatable bonds is 5. The molecule has 26 heavy (non-hydrogen) atoms. The number of aromatic nitrogens is 3. The van der Waals surface area contributed by atoms with Crippen LogP contribution in [0.5, 0.6) is 5.75 Å². The predicted octanol–water partition coefficient (Wildman–Crippen LogP) is 3.63. The molecule has 1 aliphatic heterocycles. The summed E-state index contributed by atoms with van der Waals surface area (Å²) in [6.07, 6.45) is 8.69. The lowest BCUT2D eigenvalue weighted by atomic mass is 9.96. The zero-order valence-electron chi connectivity index (χ0n) is 15.1. The Hall–Kier alpha value is -2.66. The minimum atomic E-state index is 0.488. The first-order valence-electron chi connectivity index (χ1n) is 9.17. The van der Waals surface area contributed by atoms with Crippen molar-refractivity contribution in [2.24, 2.45) is 0 Å². The molecule has 0 amide bonds. The zero-order valence-corrected chi connectivity index (χ0v) is 15.1. The molecule has 4 rings (SSSR count). The summed E-state index contributed by atoms with van der Waals surface area (Å²) in [5.41, 5.74) is 2.06. The Balaban J connectivity index is 1.34. The van der Waals surface area contributed by atoms with Gasteiger partial charge in [-0.05, 0) is 44.1 Å². The summed E-state index contributed by atoms with van der Waals surface area (Å²) < 4.78 is 7.53. The third-order valence-electron chi connectivity index (χ3n) is 5.09.